The van der Waals surface area contributed by atoms with Crippen LogP contribution in [-0.4, -0.2) is 62.2 Å². The number of amides is 2. The Morgan fingerprint density at radius 3 is 2.54 bits per heavy atom. The molecule has 2 amide bonds. The van der Waals surface area contributed by atoms with Gasteiger partial charge in [-0.05, 0) is 38.3 Å². The van der Waals surface area contributed by atoms with Crippen molar-refractivity contribution in [2.75, 3.05) is 32.0 Å². The van der Waals surface area contributed by atoms with Gasteiger partial charge in [0.2, 0.25) is 15.9 Å². The Hall–Kier alpha value is -2.13. The minimum Gasteiger partial charge on any atom is -0.479 e. The summed E-state index contributed by atoms with van der Waals surface area (Å²) < 4.78 is 32.8. The number of likely N-dealkylation sites (tertiary alicyclic amines) is 1. The number of sulfonamides is 1. The predicted molar refractivity (Wildman–Crippen MR) is 105 cm³/mol. The molecule has 2 aliphatic rings. The zero-order valence-electron chi connectivity index (χ0n) is 16.5. The molecule has 2 aliphatic heterocycles. The molecule has 28 heavy (non-hydrogen) atoms. The minimum atomic E-state index is -3.88. The fourth-order valence-corrected chi connectivity index (χ4v) is 4.82. The lowest BCUT2D eigenvalue weighted by Gasteiger charge is -2.26. The van der Waals surface area contributed by atoms with Gasteiger partial charge in [-0.2, -0.15) is 4.31 Å². The summed E-state index contributed by atoms with van der Waals surface area (Å²) in [6, 6.07) is 3.00. The average Bonchev–Trinajstić information content (AvgIpc) is 2.92. The molecular weight excluding hydrogens is 382 g/mol. The Bertz CT molecular complexity index is 876. The monoisotopic (exact) mass is 409 g/mol. The summed E-state index contributed by atoms with van der Waals surface area (Å²) in [6.07, 6.45) is 3.40. The summed E-state index contributed by atoms with van der Waals surface area (Å²) in [6.45, 7) is 4.40. The number of fused-ring (bicyclic) bond motifs is 1. The molecule has 1 aromatic rings. The van der Waals surface area contributed by atoms with Crippen LogP contribution < -0.4 is 10.1 Å². The molecule has 154 valence electrons. The molecule has 0 aromatic heterocycles. The number of hydrogen-bond acceptors (Lipinski definition) is 5. The first-order valence-electron chi connectivity index (χ1n) is 9.56. The normalized spacial score (nSPS) is 20.2. The number of nitrogens with one attached hydrogen (secondary N) is 1. The van der Waals surface area contributed by atoms with Gasteiger partial charge in [0.25, 0.3) is 5.91 Å². The molecule has 0 saturated carbocycles. The van der Waals surface area contributed by atoms with Crippen molar-refractivity contribution in [2.24, 2.45) is 0 Å². The van der Waals surface area contributed by atoms with Crippen LogP contribution in [0.25, 0.3) is 0 Å². The van der Waals surface area contributed by atoms with E-state index >= 15 is 0 Å². The van der Waals surface area contributed by atoms with Crippen molar-refractivity contribution in [3.05, 3.63) is 17.7 Å². The summed E-state index contributed by atoms with van der Waals surface area (Å²) >= 11 is 0. The molecular formula is C19H27N3O5S. The number of nitrogens with zero attached hydrogens (tertiary/aromatic N) is 2. The molecule has 1 N–H and O–H groups in total. The van der Waals surface area contributed by atoms with E-state index in [9.17, 15) is 18.0 Å². The summed E-state index contributed by atoms with van der Waals surface area (Å²) in [5.41, 5.74) is 0.925. The fourth-order valence-electron chi connectivity index (χ4n) is 3.48. The smallest absolute Gasteiger partial charge is 0.265 e. The van der Waals surface area contributed by atoms with Gasteiger partial charge in [-0.15, -0.1) is 0 Å². The zero-order valence-corrected chi connectivity index (χ0v) is 17.3. The van der Waals surface area contributed by atoms with E-state index in [4.69, 9.17) is 4.74 Å². The van der Waals surface area contributed by atoms with Gasteiger partial charge in [0.05, 0.1) is 17.1 Å². The molecule has 9 heteroatoms. The number of likely N-dealkylation sites (N-methyl/N-ethyl adjacent to an activating group) is 1. The van der Waals surface area contributed by atoms with E-state index < -0.39 is 16.1 Å². The molecule has 8 nitrogen and oxygen atoms in total. The molecule has 1 atom stereocenters. The SMILES string of the molecule is Cc1cc2c(cc1S(=O)(=O)N(C)CC(=O)N1CCCCCC1)O[C@@H](C)C(=O)N2. The van der Waals surface area contributed by atoms with Crippen LogP contribution in [0.5, 0.6) is 5.75 Å². The van der Waals surface area contributed by atoms with Crippen molar-refractivity contribution < 1.29 is 22.7 Å². The van der Waals surface area contributed by atoms with Gasteiger partial charge >= 0.3 is 0 Å². The molecule has 1 fully saturated rings. The van der Waals surface area contributed by atoms with Crippen LogP contribution in [0.2, 0.25) is 0 Å². The molecule has 3 rings (SSSR count). The first-order valence-corrected chi connectivity index (χ1v) is 11.0. The molecule has 2 heterocycles. The number of anilines is 1. The van der Waals surface area contributed by atoms with E-state index in [2.05, 4.69) is 5.32 Å². The first kappa shape index (κ1) is 20.6. The van der Waals surface area contributed by atoms with Crippen LogP contribution in [0.3, 0.4) is 0 Å². The number of hydrogen-bond donors (Lipinski definition) is 1. The molecule has 1 aromatic carbocycles. The van der Waals surface area contributed by atoms with E-state index in [1.807, 2.05) is 0 Å². The van der Waals surface area contributed by atoms with Gasteiger partial charge in [0, 0.05) is 26.2 Å². The Labute approximate surface area is 165 Å². The second-order valence-corrected chi connectivity index (χ2v) is 9.43. The standard InChI is InChI=1S/C19H27N3O5S/c1-13-10-15-16(27-14(2)19(24)20-15)11-17(13)28(25,26)21(3)12-18(23)22-8-6-4-5-7-9-22/h10-11,14H,4-9,12H2,1-3H3,(H,20,24)/t14-/m0/s1. The van der Waals surface area contributed by atoms with E-state index in [-0.39, 0.29) is 23.3 Å². The second kappa shape index (κ2) is 8.08. The second-order valence-electron chi connectivity index (χ2n) is 7.42. The third-order valence-corrected chi connectivity index (χ3v) is 7.16. The van der Waals surface area contributed by atoms with Gasteiger partial charge < -0.3 is 15.0 Å². The Morgan fingerprint density at radius 1 is 1.25 bits per heavy atom. The van der Waals surface area contributed by atoms with Crippen molar-refractivity contribution in [1.29, 1.82) is 0 Å². The molecule has 0 unspecified atom stereocenters. The first-order chi connectivity index (χ1) is 13.2. The zero-order chi connectivity index (χ0) is 20.5. The molecule has 1 saturated heterocycles. The highest BCUT2D eigenvalue weighted by molar-refractivity contribution is 7.89. The highest BCUT2D eigenvalue weighted by Crippen LogP contribution is 2.35. The van der Waals surface area contributed by atoms with Crippen LogP contribution in [0, 0.1) is 6.92 Å². The lowest BCUT2D eigenvalue weighted by molar-refractivity contribution is -0.131. The van der Waals surface area contributed by atoms with E-state index in [0.717, 1.165) is 30.0 Å². The van der Waals surface area contributed by atoms with Crippen molar-refractivity contribution in [3.63, 3.8) is 0 Å². The molecule has 0 radical (unpaired) electrons. The fraction of sp³-hybridized carbons (Fsp3) is 0.579. The van der Waals surface area contributed by atoms with Crippen LogP contribution in [0.4, 0.5) is 5.69 Å². The number of benzene rings is 1. The van der Waals surface area contributed by atoms with Crippen LogP contribution in [-0.2, 0) is 19.6 Å². The summed E-state index contributed by atoms with van der Waals surface area (Å²) in [5, 5.41) is 2.71. The third-order valence-electron chi connectivity index (χ3n) is 5.21. The molecule has 0 aliphatic carbocycles. The summed E-state index contributed by atoms with van der Waals surface area (Å²) in [7, 11) is -2.47. The molecule has 0 spiro atoms. The maximum Gasteiger partial charge on any atom is 0.265 e. The minimum absolute atomic E-state index is 0.0702. The Balaban J connectivity index is 1.81. The topological polar surface area (TPSA) is 96.0 Å². The maximum atomic E-state index is 13.1. The van der Waals surface area contributed by atoms with Gasteiger partial charge in [0.1, 0.15) is 5.75 Å². The molecule has 0 bridgehead atoms. The van der Waals surface area contributed by atoms with Crippen molar-refractivity contribution >= 4 is 27.5 Å². The van der Waals surface area contributed by atoms with E-state index in [1.165, 1.54) is 13.1 Å². The maximum absolute atomic E-state index is 13.1. The third kappa shape index (κ3) is 4.15. The van der Waals surface area contributed by atoms with Gasteiger partial charge in [-0.3, -0.25) is 9.59 Å². The summed E-state index contributed by atoms with van der Waals surface area (Å²) in [5.74, 6) is -0.146. The van der Waals surface area contributed by atoms with Crippen molar-refractivity contribution in [1.82, 2.24) is 9.21 Å². The van der Waals surface area contributed by atoms with Crippen molar-refractivity contribution in [3.8, 4) is 5.75 Å². The van der Waals surface area contributed by atoms with Gasteiger partial charge in [-0.25, -0.2) is 8.42 Å². The average molecular weight is 410 g/mol. The Kier molecular flexibility index (Phi) is 5.95. The Morgan fingerprint density at radius 2 is 1.89 bits per heavy atom. The number of ether oxygens (including phenoxy) is 1. The predicted octanol–water partition coefficient (Wildman–Crippen LogP) is 1.74. The van der Waals surface area contributed by atoms with Crippen molar-refractivity contribution in [2.45, 2.75) is 50.5 Å². The number of carbonyl (C=O) groups excluding carboxylic acids is 2. The van der Waals surface area contributed by atoms with Gasteiger partial charge in [-0.1, -0.05) is 12.8 Å². The highest BCUT2D eigenvalue weighted by atomic mass is 32.2. The van der Waals surface area contributed by atoms with Crippen LogP contribution in [0.1, 0.15) is 38.2 Å². The number of carbonyl (C=O) groups is 2. The van der Waals surface area contributed by atoms with E-state index in [0.29, 0.717) is 30.1 Å². The largest absolute Gasteiger partial charge is 0.479 e. The summed E-state index contributed by atoms with van der Waals surface area (Å²) in [4.78, 5) is 26.2. The van der Waals surface area contributed by atoms with Crippen LogP contribution in [0.15, 0.2) is 17.0 Å². The van der Waals surface area contributed by atoms with Crippen LogP contribution >= 0.6 is 0 Å². The lowest BCUT2D eigenvalue weighted by Crippen LogP contribution is -2.41. The lowest BCUT2D eigenvalue weighted by atomic mass is 10.1. The number of rotatable bonds is 4. The highest BCUT2D eigenvalue weighted by Gasteiger charge is 2.30. The quantitative estimate of drug-likeness (QED) is 0.817. The van der Waals surface area contributed by atoms with Gasteiger partial charge in [0.15, 0.2) is 6.10 Å². The number of aryl methyl sites for hydroxylation is 1. The van der Waals surface area contributed by atoms with E-state index in [1.54, 1.807) is 24.8 Å².